The van der Waals surface area contributed by atoms with Gasteiger partial charge in [0, 0.05) is 13.1 Å². The molecule has 1 saturated carbocycles. The third kappa shape index (κ3) is 3.85. The monoisotopic (exact) mass is 461 g/mol. The number of carbonyl (C=O) groups excluding carboxylic acids is 1. The van der Waals surface area contributed by atoms with Crippen LogP contribution in [0.3, 0.4) is 0 Å². The van der Waals surface area contributed by atoms with E-state index in [9.17, 15) is 18.0 Å². The number of nitrogens with one attached hydrogen (secondary N) is 1. The second-order valence-electron chi connectivity index (χ2n) is 7.84. The number of amides is 1. The number of thiophene rings is 1. The van der Waals surface area contributed by atoms with Crippen molar-refractivity contribution >= 4 is 43.8 Å². The maximum Gasteiger partial charge on any atom is 0.329 e. The van der Waals surface area contributed by atoms with Crippen molar-refractivity contribution < 1.29 is 13.2 Å². The quantitative estimate of drug-likeness (QED) is 0.594. The third-order valence-corrected chi connectivity index (χ3v) is 9.21. The molecule has 166 valence electrons. The lowest BCUT2D eigenvalue weighted by molar-refractivity contribution is 0.103. The zero-order valence-electron chi connectivity index (χ0n) is 17.8. The molecule has 0 unspecified atom stereocenters. The lowest BCUT2D eigenvalue weighted by Crippen LogP contribution is -2.25. The fraction of sp³-hybridized carbons (Fsp3) is 0.455. The molecule has 0 bridgehead atoms. The number of benzene rings is 1. The van der Waals surface area contributed by atoms with Gasteiger partial charge in [0.1, 0.15) is 0 Å². The van der Waals surface area contributed by atoms with Gasteiger partial charge in [0.25, 0.3) is 5.91 Å². The van der Waals surface area contributed by atoms with E-state index in [2.05, 4.69) is 5.32 Å². The SMILES string of the molecule is CCn1c(=O)n(CC)c2cc(S(=O)(=O)C3CCCCC3)c(NC(=O)c3cccs3)cc21. The van der Waals surface area contributed by atoms with Gasteiger partial charge in [-0.05, 0) is 50.3 Å². The van der Waals surface area contributed by atoms with Gasteiger partial charge in [-0.25, -0.2) is 13.2 Å². The number of hydrogen-bond donors (Lipinski definition) is 1. The Morgan fingerprint density at radius 2 is 1.74 bits per heavy atom. The Morgan fingerprint density at radius 3 is 2.32 bits per heavy atom. The molecule has 1 aliphatic carbocycles. The highest BCUT2D eigenvalue weighted by Gasteiger charge is 2.32. The molecule has 1 aliphatic rings. The normalized spacial score (nSPS) is 15.4. The molecule has 3 aromatic rings. The molecular weight excluding hydrogens is 434 g/mol. The highest BCUT2D eigenvalue weighted by atomic mass is 32.2. The zero-order chi connectivity index (χ0) is 22.2. The molecule has 1 fully saturated rings. The number of aryl methyl sites for hydroxylation is 2. The molecular formula is C22H27N3O4S2. The first kappa shape index (κ1) is 21.8. The van der Waals surface area contributed by atoms with Gasteiger partial charge < -0.3 is 5.32 Å². The predicted molar refractivity (Wildman–Crippen MR) is 124 cm³/mol. The fourth-order valence-corrected chi connectivity index (χ4v) is 7.06. The summed E-state index contributed by atoms with van der Waals surface area (Å²) in [6.07, 6.45) is 4.05. The molecule has 31 heavy (non-hydrogen) atoms. The van der Waals surface area contributed by atoms with E-state index in [4.69, 9.17) is 0 Å². The van der Waals surface area contributed by atoms with Gasteiger partial charge in [0.15, 0.2) is 9.84 Å². The molecule has 0 spiro atoms. The average Bonchev–Trinajstić information content (AvgIpc) is 3.39. The first-order chi connectivity index (χ1) is 14.9. The summed E-state index contributed by atoms with van der Waals surface area (Å²) in [5.74, 6) is -0.352. The molecule has 1 N–H and O–H groups in total. The van der Waals surface area contributed by atoms with Gasteiger partial charge in [0.05, 0.1) is 31.7 Å². The highest BCUT2D eigenvalue weighted by Crippen LogP contribution is 2.35. The zero-order valence-corrected chi connectivity index (χ0v) is 19.4. The van der Waals surface area contributed by atoms with E-state index in [0.29, 0.717) is 41.8 Å². The molecule has 2 heterocycles. The lowest BCUT2D eigenvalue weighted by Gasteiger charge is -2.23. The van der Waals surface area contributed by atoms with Crippen LogP contribution in [0.15, 0.2) is 39.3 Å². The summed E-state index contributed by atoms with van der Waals surface area (Å²) < 4.78 is 30.5. The van der Waals surface area contributed by atoms with E-state index >= 15 is 0 Å². The summed E-state index contributed by atoms with van der Waals surface area (Å²) in [5, 5.41) is 4.15. The van der Waals surface area contributed by atoms with Crippen LogP contribution in [0.4, 0.5) is 5.69 Å². The Balaban J connectivity index is 1.92. The second-order valence-corrected chi connectivity index (χ2v) is 11.0. The van der Waals surface area contributed by atoms with E-state index in [1.807, 2.05) is 13.8 Å². The number of rotatable bonds is 6. The van der Waals surface area contributed by atoms with Crippen LogP contribution < -0.4 is 11.0 Å². The molecule has 0 radical (unpaired) electrons. The van der Waals surface area contributed by atoms with Crippen LogP contribution in [0, 0.1) is 0 Å². The molecule has 2 aromatic heterocycles. The molecule has 0 atom stereocenters. The number of hydrogen-bond acceptors (Lipinski definition) is 5. The number of nitrogens with zero attached hydrogens (tertiary/aromatic N) is 2. The van der Waals surface area contributed by atoms with Crippen LogP contribution in [-0.4, -0.2) is 28.7 Å². The highest BCUT2D eigenvalue weighted by molar-refractivity contribution is 7.92. The van der Waals surface area contributed by atoms with Gasteiger partial charge in [-0.3, -0.25) is 13.9 Å². The van der Waals surface area contributed by atoms with Crippen molar-refractivity contribution in [3.63, 3.8) is 0 Å². The van der Waals surface area contributed by atoms with Crippen molar-refractivity contribution in [2.24, 2.45) is 0 Å². The van der Waals surface area contributed by atoms with Gasteiger partial charge in [-0.1, -0.05) is 25.3 Å². The minimum atomic E-state index is -3.67. The Hall–Kier alpha value is -2.39. The van der Waals surface area contributed by atoms with Crippen LogP contribution in [0.25, 0.3) is 11.0 Å². The van der Waals surface area contributed by atoms with E-state index in [1.165, 1.54) is 11.3 Å². The Bertz CT molecular complexity index is 1260. The number of fused-ring (bicyclic) bond motifs is 1. The first-order valence-electron chi connectivity index (χ1n) is 10.7. The molecule has 0 aliphatic heterocycles. The van der Waals surface area contributed by atoms with Gasteiger partial charge in [-0.2, -0.15) is 0 Å². The minimum absolute atomic E-state index is 0.104. The number of sulfone groups is 1. The van der Waals surface area contributed by atoms with E-state index in [0.717, 1.165) is 19.3 Å². The molecule has 1 amide bonds. The number of carbonyl (C=O) groups is 1. The van der Waals surface area contributed by atoms with Crippen LogP contribution in [0.2, 0.25) is 0 Å². The molecule has 1 aromatic carbocycles. The van der Waals surface area contributed by atoms with Crippen molar-refractivity contribution in [3.8, 4) is 0 Å². The lowest BCUT2D eigenvalue weighted by atomic mass is 10.0. The Kier molecular flexibility index (Phi) is 6.07. The van der Waals surface area contributed by atoms with Crippen molar-refractivity contribution in [1.29, 1.82) is 0 Å². The topological polar surface area (TPSA) is 90.2 Å². The van der Waals surface area contributed by atoms with Crippen molar-refractivity contribution in [1.82, 2.24) is 9.13 Å². The second kappa shape index (κ2) is 8.63. The summed E-state index contributed by atoms with van der Waals surface area (Å²) in [7, 11) is -3.67. The van der Waals surface area contributed by atoms with Gasteiger partial charge >= 0.3 is 5.69 Å². The largest absolute Gasteiger partial charge is 0.329 e. The fourth-order valence-electron chi connectivity index (χ4n) is 4.43. The Labute approximate surface area is 185 Å². The average molecular weight is 462 g/mol. The van der Waals surface area contributed by atoms with E-state index in [1.54, 1.807) is 38.8 Å². The van der Waals surface area contributed by atoms with Crippen LogP contribution in [0.5, 0.6) is 0 Å². The summed E-state index contributed by atoms with van der Waals surface area (Å²) in [4.78, 5) is 26.2. The standard InChI is InChI=1S/C22H27N3O4S2/c1-3-24-17-13-16(23-21(26)19-11-8-12-30-19)20(14-18(17)25(4-2)22(24)27)31(28,29)15-9-6-5-7-10-15/h8,11-15H,3-7,9-10H2,1-2H3,(H,23,26). The summed E-state index contributed by atoms with van der Waals surface area (Å²) >= 11 is 1.29. The molecule has 4 rings (SSSR count). The van der Waals surface area contributed by atoms with Gasteiger partial charge in [0.2, 0.25) is 0 Å². The summed E-state index contributed by atoms with van der Waals surface area (Å²) in [5.41, 5.74) is 1.27. The number of anilines is 1. The van der Waals surface area contributed by atoms with Gasteiger partial charge in [-0.15, -0.1) is 11.3 Å². The maximum absolute atomic E-state index is 13.6. The minimum Gasteiger partial charge on any atom is -0.320 e. The smallest absolute Gasteiger partial charge is 0.320 e. The van der Waals surface area contributed by atoms with Crippen molar-refractivity contribution in [2.75, 3.05) is 5.32 Å². The molecule has 7 nitrogen and oxygen atoms in total. The maximum atomic E-state index is 13.6. The third-order valence-electron chi connectivity index (χ3n) is 6.04. The van der Waals surface area contributed by atoms with E-state index < -0.39 is 15.1 Å². The van der Waals surface area contributed by atoms with Crippen LogP contribution in [0.1, 0.15) is 55.6 Å². The van der Waals surface area contributed by atoms with Crippen molar-refractivity contribution in [3.05, 3.63) is 45.0 Å². The first-order valence-corrected chi connectivity index (χ1v) is 13.2. The summed E-state index contributed by atoms with van der Waals surface area (Å²) in [6.45, 7) is 4.63. The number of aromatic nitrogens is 2. The van der Waals surface area contributed by atoms with Crippen LogP contribution >= 0.6 is 11.3 Å². The Morgan fingerprint density at radius 1 is 1.10 bits per heavy atom. The van der Waals surface area contributed by atoms with Crippen LogP contribution in [-0.2, 0) is 22.9 Å². The van der Waals surface area contributed by atoms with E-state index in [-0.39, 0.29) is 22.2 Å². The molecule has 0 saturated heterocycles. The van der Waals surface area contributed by atoms with Crippen molar-refractivity contribution in [2.45, 2.75) is 69.2 Å². The summed E-state index contributed by atoms with van der Waals surface area (Å²) in [6, 6.07) is 6.70. The molecule has 9 heteroatoms. The predicted octanol–water partition coefficient (Wildman–Crippen LogP) is 4.26. The number of imidazole rings is 1.